The minimum Gasteiger partial charge on any atom is -0.336 e. The Kier molecular flexibility index (Phi) is 8.82. The smallest absolute Gasteiger partial charge is 0.292 e. The Labute approximate surface area is 236 Å². The monoisotopic (exact) mass is 615 g/mol. The number of hydrogen-bond donors (Lipinski definition) is 2. The predicted molar refractivity (Wildman–Crippen MR) is 142 cm³/mol. The third kappa shape index (κ3) is 7.84. The van der Waals surface area contributed by atoms with Gasteiger partial charge in [0.15, 0.2) is 19.7 Å². The van der Waals surface area contributed by atoms with Crippen molar-refractivity contribution < 1.29 is 39.2 Å². The Morgan fingerprint density at radius 3 is 2.07 bits per heavy atom. The molecular weight excluding hydrogens is 586 g/mol. The van der Waals surface area contributed by atoms with Gasteiger partial charge in [0.05, 0.1) is 29.1 Å². The molecule has 4 rings (SSSR count). The molecule has 2 N–H and O–H groups in total. The SMILES string of the molecule is N#CC1(NC(=O)C(CS(=O)(=O)CC2CC2)N[C@H](c2ccc(F)cc2)C(F)(F)c2ccc(F)cc2)CCS(=O)(=O)CC1. The molecule has 2 aliphatic rings. The Hall–Kier alpha value is -3.02. The molecule has 14 heteroatoms. The van der Waals surface area contributed by atoms with Gasteiger partial charge in [-0.15, -0.1) is 0 Å². The molecular formula is C27H29F4N3O5S2. The van der Waals surface area contributed by atoms with Crippen LogP contribution in [0, 0.1) is 28.9 Å². The van der Waals surface area contributed by atoms with Gasteiger partial charge in [0, 0.05) is 5.56 Å². The first-order valence-corrected chi connectivity index (χ1v) is 16.6. The van der Waals surface area contributed by atoms with Gasteiger partial charge in [-0.3, -0.25) is 10.1 Å². The molecule has 1 aliphatic heterocycles. The van der Waals surface area contributed by atoms with Crippen molar-refractivity contribution in [2.75, 3.05) is 23.0 Å². The van der Waals surface area contributed by atoms with Crippen molar-refractivity contribution in [3.63, 3.8) is 0 Å². The van der Waals surface area contributed by atoms with Crippen molar-refractivity contribution in [2.24, 2.45) is 5.92 Å². The highest BCUT2D eigenvalue weighted by Gasteiger charge is 2.47. The van der Waals surface area contributed by atoms with Crippen LogP contribution in [-0.4, -0.2) is 57.3 Å². The van der Waals surface area contributed by atoms with E-state index in [2.05, 4.69) is 10.6 Å². The zero-order valence-corrected chi connectivity index (χ0v) is 23.5. The number of nitriles is 1. The molecule has 2 aromatic rings. The van der Waals surface area contributed by atoms with Crippen LogP contribution in [0.3, 0.4) is 0 Å². The molecule has 0 aromatic heterocycles. The second kappa shape index (κ2) is 11.7. The van der Waals surface area contributed by atoms with Crippen LogP contribution in [0.4, 0.5) is 17.6 Å². The van der Waals surface area contributed by atoms with E-state index >= 15 is 8.78 Å². The third-order valence-corrected chi connectivity index (χ3v) is 10.8. The zero-order valence-electron chi connectivity index (χ0n) is 21.8. The van der Waals surface area contributed by atoms with Crippen LogP contribution in [0.2, 0.25) is 0 Å². The van der Waals surface area contributed by atoms with Gasteiger partial charge in [0.2, 0.25) is 5.91 Å². The van der Waals surface area contributed by atoms with Gasteiger partial charge in [-0.1, -0.05) is 24.3 Å². The molecule has 8 nitrogen and oxygen atoms in total. The first-order valence-electron chi connectivity index (χ1n) is 12.9. The number of hydrogen-bond acceptors (Lipinski definition) is 7. The fourth-order valence-electron chi connectivity index (χ4n) is 4.74. The lowest BCUT2D eigenvalue weighted by Crippen LogP contribution is -2.59. The number of alkyl halides is 2. The maximum absolute atomic E-state index is 16.0. The second-order valence-corrected chi connectivity index (χ2v) is 15.1. The van der Waals surface area contributed by atoms with Crippen molar-refractivity contribution in [1.29, 1.82) is 5.26 Å². The fraction of sp³-hybridized carbons (Fsp3) is 0.481. The Balaban J connectivity index is 1.71. The van der Waals surface area contributed by atoms with Crippen LogP contribution < -0.4 is 10.6 Å². The van der Waals surface area contributed by atoms with Crippen LogP contribution in [-0.2, 0) is 30.4 Å². The van der Waals surface area contributed by atoms with E-state index in [1.807, 2.05) is 6.07 Å². The number of amides is 1. The quantitative estimate of drug-likeness (QED) is 0.371. The number of nitrogens with zero attached hydrogens (tertiary/aromatic N) is 1. The third-order valence-electron chi connectivity index (χ3n) is 7.34. The van der Waals surface area contributed by atoms with Crippen LogP contribution in [0.1, 0.15) is 42.9 Å². The van der Waals surface area contributed by atoms with Gasteiger partial charge in [0.25, 0.3) is 5.92 Å². The van der Waals surface area contributed by atoms with Gasteiger partial charge >= 0.3 is 0 Å². The lowest BCUT2D eigenvalue weighted by Gasteiger charge is -2.35. The molecule has 1 heterocycles. The summed E-state index contributed by atoms with van der Waals surface area (Å²) in [5.41, 5.74) is -2.48. The summed E-state index contributed by atoms with van der Waals surface area (Å²) in [4.78, 5) is 13.6. The van der Waals surface area contributed by atoms with Crippen molar-refractivity contribution in [1.82, 2.24) is 10.6 Å². The fourth-order valence-corrected chi connectivity index (χ4v) is 8.21. The number of carbonyl (C=O) groups excluding carboxylic acids is 1. The van der Waals surface area contributed by atoms with Crippen LogP contribution in [0.25, 0.3) is 0 Å². The van der Waals surface area contributed by atoms with E-state index in [0.717, 1.165) is 48.5 Å². The predicted octanol–water partition coefficient (Wildman–Crippen LogP) is 3.17. The molecule has 0 bridgehead atoms. The number of rotatable bonds is 11. The van der Waals surface area contributed by atoms with Crippen molar-refractivity contribution in [3.8, 4) is 6.07 Å². The highest BCUT2D eigenvalue weighted by atomic mass is 32.2. The molecule has 41 heavy (non-hydrogen) atoms. The average molecular weight is 616 g/mol. The van der Waals surface area contributed by atoms with Gasteiger partial charge in [-0.25, -0.2) is 25.6 Å². The summed E-state index contributed by atoms with van der Waals surface area (Å²) in [7, 11) is -7.39. The lowest BCUT2D eigenvalue weighted by molar-refractivity contribution is -0.125. The zero-order chi connectivity index (χ0) is 30.1. The maximum Gasteiger partial charge on any atom is 0.292 e. The largest absolute Gasteiger partial charge is 0.336 e. The first-order chi connectivity index (χ1) is 19.1. The summed E-state index contributed by atoms with van der Waals surface area (Å²) in [6.45, 7) is 0. The molecule has 0 radical (unpaired) electrons. The minimum absolute atomic E-state index is 0.105. The van der Waals surface area contributed by atoms with E-state index in [9.17, 15) is 35.7 Å². The van der Waals surface area contributed by atoms with Crippen molar-refractivity contribution >= 4 is 25.6 Å². The standard InChI is InChI=1S/C27H29F4N3O5S2/c28-21-7-3-19(4-8-21)24(27(30,31)20-5-9-22(29)10-6-20)33-23(16-41(38,39)15-18-1-2-18)25(35)34-26(17-32)11-13-40(36,37)14-12-26/h3-10,18,23-24,33H,1-2,11-16H2,(H,34,35)/t23?,24-/m1/s1. The number of benzene rings is 2. The van der Waals surface area contributed by atoms with Gasteiger partial charge < -0.3 is 5.32 Å². The molecule has 1 saturated heterocycles. The van der Waals surface area contributed by atoms with E-state index in [1.54, 1.807) is 0 Å². The van der Waals surface area contributed by atoms with Crippen molar-refractivity contribution in [2.45, 2.75) is 49.2 Å². The van der Waals surface area contributed by atoms with E-state index in [-0.39, 0.29) is 41.6 Å². The van der Waals surface area contributed by atoms with E-state index in [0.29, 0.717) is 12.8 Å². The summed E-state index contributed by atoms with van der Waals surface area (Å²) in [5.74, 6) is -8.44. The molecule has 222 valence electrons. The highest BCUT2D eigenvalue weighted by molar-refractivity contribution is 7.91. The minimum atomic E-state index is -3.96. The van der Waals surface area contributed by atoms with Crippen molar-refractivity contribution in [3.05, 3.63) is 71.3 Å². The average Bonchev–Trinajstić information content (AvgIpc) is 3.72. The number of nitrogens with one attached hydrogen (secondary N) is 2. The molecule has 1 saturated carbocycles. The molecule has 2 atom stereocenters. The maximum atomic E-state index is 16.0. The normalized spacial score (nSPS) is 20.0. The molecule has 1 aliphatic carbocycles. The van der Waals surface area contributed by atoms with Gasteiger partial charge in [0.1, 0.15) is 29.3 Å². The molecule has 1 amide bonds. The lowest BCUT2D eigenvalue weighted by atomic mass is 9.92. The summed E-state index contributed by atoms with van der Waals surface area (Å²) in [5, 5.41) is 14.7. The summed E-state index contributed by atoms with van der Waals surface area (Å²) < 4.78 is 109. The summed E-state index contributed by atoms with van der Waals surface area (Å²) in [6.07, 6.45) is 0.839. The van der Waals surface area contributed by atoms with Crippen LogP contribution >= 0.6 is 0 Å². The van der Waals surface area contributed by atoms with Gasteiger partial charge in [-0.2, -0.15) is 14.0 Å². The topological polar surface area (TPSA) is 133 Å². The van der Waals surface area contributed by atoms with E-state index in [1.165, 1.54) is 0 Å². The first kappa shape index (κ1) is 30.9. The molecule has 2 fully saturated rings. The molecule has 1 unspecified atom stereocenters. The highest BCUT2D eigenvalue weighted by Crippen LogP contribution is 2.41. The van der Waals surface area contributed by atoms with E-state index < -0.39 is 72.1 Å². The molecule has 2 aromatic carbocycles. The van der Waals surface area contributed by atoms with Crippen LogP contribution in [0.15, 0.2) is 48.5 Å². The Morgan fingerprint density at radius 1 is 1.02 bits per heavy atom. The number of halogens is 4. The second-order valence-electron chi connectivity index (χ2n) is 10.7. The Morgan fingerprint density at radius 2 is 1.56 bits per heavy atom. The van der Waals surface area contributed by atoms with Gasteiger partial charge in [-0.05, 0) is 61.4 Å². The van der Waals surface area contributed by atoms with Crippen LogP contribution in [0.5, 0.6) is 0 Å². The number of sulfone groups is 2. The summed E-state index contributed by atoms with van der Waals surface area (Å²) in [6, 6.07) is 5.33. The number of carbonyl (C=O) groups is 1. The summed E-state index contributed by atoms with van der Waals surface area (Å²) >= 11 is 0. The molecule has 0 spiro atoms. The van der Waals surface area contributed by atoms with E-state index in [4.69, 9.17) is 0 Å². The Bertz CT molecular complexity index is 1510.